The quantitative estimate of drug-likeness (QED) is 0.779. The molecule has 0 N–H and O–H groups in total. The van der Waals surface area contributed by atoms with Gasteiger partial charge in [0.25, 0.3) is 0 Å². The summed E-state index contributed by atoms with van der Waals surface area (Å²) in [7, 11) is 3.41. The van der Waals surface area contributed by atoms with Gasteiger partial charge >= 0.3 is 6.03 Å². The molecule has 1 aliphatic rings. The third kappa shape index (κ3) is 2.34. The molecule has 0 saturated carbocycles. The van der Waals surface area contributed by atoms with Crippen LogP contribution in [-0.4, -0.2) is 43.1 Å². The molecule has 1 fully saturated rings. The van der Waals surface area contributed by atoms with Crippen molar-refractivity contribution in [3.63, 3.8) is 0 Å². The summed E-state index contributed by atoms with van der Waals surface area (Å²) >= 11 is 0. The average molecular weight is 259 g/mol. The van der Waals surface area contributed by atoms with Gasteiger partial charge in [-0.2, -0.15) is 5.26 Å². The van der Waals surface area contributed by atoms with E-state index in [4.69, 9.17) is 10.00 Å². The lowest BCUT2D eigenvalue weighted by Gasteiger charge is -2.19. The Balaban J connectivity index is 2.25. The van der Waals surface area contributed by atoms with Crippen LogP contribution in [-0.2, 0) is 0 Å². The molecule has 1 aliphatic heterocycles. The minimum Gasteiger partial charge on any atom is -0.496 e. The maximum atomic E-state index is 12.0. The number of rotatable bonds is 3. The lowest BCUT2D eigenvalue weighted by atomic mass is 10.0. The zero-order valence-electron chi connectivity index (χ0n) is 11.4. The van der Waals surface area contributed by atoms with Crippen molar-refractivity contribution in [1.29, 1.82) is 5.26 Å². The van der Waals surface area contributed by atoms with E-state index in [-0.39, 0.29) is 18.6 Å². The largest absolute Gasteiger partial charge is 0.496 e. The molecule has 2 rings (SSSR count). The molecule has 0 radical (unpaired) electrons. The van der Waals surface area contributed by atoms with Crippen LogP contribution in [0.25, 0.3) is 0 Å². The number of hydrogen-bond acceptors (Lipinski definition) is 3. The smallest absolute Gasteiger partial charge is 0.321 e. The minimum atomic E-state index is -0.0972. The molecule has 100 valence electrons. The van der Waals surface area contributed by atoms with E-state index in [1.807, 2.05) is 31.2 Å². The highest BCUT2D eigenvalue weighted by Gasteiger charge is 2.35. The lowest BCUT2D eigenvalue weighted by Crippen LogP contribution is -2.29. The number of likely N-dealkylation sites (N-methyl/N-ethyl adjacent to an activating group) is 1. The number of hydrogen-bond donors (Lipinski definition) is 0. The Labute approximate surface area is 113 Å². The van der Waals surface area contributed by atoms with E-state index >= 15 is 0 Å². The first-order valence-corrected chi connectivity index (χ1v) is 6.11. The van der Waals surface area contributed by atoms with Gasteiger partial charge in [-0.1, -0.05) is 12.1 Å². The van der Waals surface area contributed by atoms with E-state index < -0.39 is 0 Å². The number of methoxy groups -OCH3 is 1. The Hall–Kier alpha value is -2.22. The minimum absolute atomic E-state index is 0.00884. The van der Waals surface area contributed by atoms with Crippen molar-refractivity contribution in [2.45, 2.75) is 13.0 Å². The van der Waals surface area contributed by atoms with E-state index in [0.717, 1.165) is 16.9 Å². The molecule has 0 aliphatic carbocycles. The van der Waals surface area contributed by atoms with Gasteiger partial charge in [-0.3, -0.25) is 0 Å². The van der Waals surface area contributed by atoms with Gasteiger partial charge in [-0.25, -0.2) is 4.79 Å². The van der Waals surface area contributed by atoms with E-state index in [0.29, 0.717) is 6.54 Å². The van der Waals surface area contributed by atoms with Gasteiger partial charge in [0, 0.05) is 13.6 Å². The highest BCUT2D eigenvalue weighted by atomic mass is 16.5. The summed E-state index contributed by atoms with van der Waals surface area (Å²) in [5, 5.41) is 8.72. The predicted octanol–water partition coefficient (Wildman–Crippen LogP) is 1.94. The van der Waals surface area contributed by atoms with Crippen molar-refractivity contribution < 1.29 is 9.53 Å². The predicted molar refractivity (Wildman–Crippen MR) is 70.8 cm³/mol. The molecule has 1 atom stereocenters. The third-order valence-electron chi connectivity index (χ3n) is 3.50. The van der Waals surface area contributed by atoms with Crippen LogP contribution >= 0.6 is 0 Å². The summed E-state index contributed by atoms with van der Waals surface area (Å²) in [5.74, 6) is 0.838. The van der Waals surface area contributed by atoms with E-state index in [1.165, 1.54) is 0 Å². The molecule has 1 unspecified atom stereocenters. The fraction of sp³-hybridized carbons (Fsp3) is 0.429. The summed E-state index contributed by atoms with van der Waals surface area (Å²) in [5.41, 5.74) is 2.11. The van der Waals surface area contributed by atoms with Crippen LogP contribution < -0.4 is 4.74 Å². The van der Waals surface area contributed by atoms with Gasteiger partial charge in [0.2, 0.25) is 0 Å². The highest BCUT2D eigenvalue weighted by molar-refractivity contribution is 5.77. The molecule has 5 nitrogen and oxygen atoms in total. The first-order valence-electron chi connectivity index (χ1n) is 6.11. The fourth-order valence-electron chi connectivity index (χ4n) is 2.42. The van der Waals surface area contributed by atoms with E-state index in [9.17, 15) is 4.79 Å². The van der Waals surface area contributed by atoms with Crippen molar-refractivity contribution in [2.24, 2.45) is 0 Å². The Morgan fingerprint density at radius 2 is 2.26 bits per heavy atom. The third-order valence-corrected chi connectivity index (χ3v) is 3.50. The van der Waals surface area contributed by atoms with Crippen LogP contribution in [0, 0.1) is 18.3 Å². The first-order chi connectivity index (χ1) is 9.08. The second-order valence-corrected chi connectivity index (χ2v) is 4.68. The normalized spacial score (nSPS) is 18.6. The first kappa shape index (κ1) is 13.2. The number of nitrogens with zero attached hydrogens (tertiary/aromatic N) is 3. The number of ether oxygens (including phenoxy) is 1. The van der Waals surface area contributed by atoms with Gasteiger partial charge < -0.3 is 14.5 Å². The molecular formula is C14H17N3O2. The van der Waals surface area contributed by atoms with Gasteiger partial charge in [0.1, 0.15) is 12.3 Å². The van der Waals surface area contributed by atoms with Gasteiger partial charge in [-0.05, 0) is 24.1 Å². The number of carbonyl (C=O) groups is 1. The van der Waals surface area contributed by atoms with Crippen LogP contribution in [0.15, 0.2) is 18.2 Å². The molecule has 1 saturated heterocycles. The van der Waals surface area contributed by atoms with Crippen LogP contribution in [0.3, 0.4) is 0 Å². The molecule has 19 heavy (non-hydrogen) atoms. The van der Waals surface area contributed by atoms with E-state index in [2.05, 4.69) is 0 Å². The van der Waals surface area contributed by atoms with Crippen molar-refractivity contribution in [3.05, 3.63) is 29.3 Å². The Morgan fingerprint density at radius 1 is 1.53 bits per heavy atom. The molecule has 0 aromatic heterocycles. The molecule has 0 spiro atoms. The zero-order valence-corrected chi connectivity index (χ0v) is 11.4. The number of carbonyl (C=O) groups excluding carboxylic acids is 1. The standard InChI is InChI=1S/C14H17N3O2/c1-10-8-11(4-5-13(10)19-3)12-9-17(7-6-15)14(18)16(12)2/h4-5,8,12H,7,9H2,1-3H3. The highest BCUT2D eigenvalue weighted by Crippen LogP contribution is 2.30. The Bertz CT molecular complexity index is 536. The Morgan fingerprint density at radius 3 is 2.84 bits per heavy atom. The Kier molecular flexibility index (Phi) is 3.61. The van der Waals surface area contributed by atoms with Crippen molar-refractivity contribution in [3.8, 4) is 11.8 Å². The second kappa shape index (κ2) is 5.19. The number of aryl methyl sites for hydroxylation is 1. The fourth-order valence-corrected chi connectivity index (χ4v) is 2.42. The number of nitriles is 1. The van der Waals surface area contributed by atoms with Crippen molar-refractivity contribution in [1.82, 2.24) is 9.80 Å². The summed E-state index contributed by atoms with van der Waals surface area (Å²) in [6.45, 7) is 2.66. The van der Waals surface area contributed by atoms with Crippen molar-refractivity contribution >= 4 is 6.03 Å². The lowest BCUT2D eigenvalue weighted by molar-refractivity contribution is 0.199. The number of amides is 2. The van der Waals surface area contributed by atoms with Gasteiger partial charge in [0.15, 0.2) is 0 Å². The maximum absolute atomic E-state index is 12.0. The molecule has 5 heteroatoms. The van der Waals surface area contributed by atoms with Crippen LogP contribution in [0.4, 0.5) is 4.79 Å². The summed E-state index contributed by atoms with van der Waals surface area (Å²) in [6.07, 6.45) is 0. The average Bonchev–Trinajstić information content (AvgIpc) is 2.67. The summed E-state index contributed by atoms with van der Waals surface area (Å²) in [4.78, 5) is 15.2. The molecule has 2 amide bonds. The molecule has 1 heterocycles. The monoisotopic (exact) mass is 259 g/mol. The molecule has 1 aromatic rings. The number of benzene rings is 1. The maximum Gasteiger partial charge on any atom is 0.321 e. The second-order valence-electron chi connectivity index (χ2n) is 4.68. The SMILES string of the molecule is COc1ccc(C2CN(CC#N)C(=O)N2C)cc1C. The molecule has 0 bridgehead atoms. The van der Waals surface area contributed by atoms with Crippen LogP contribution in [0.1, 0.15) is 17.2 Å². The van der Waals surface area contributed by atoms with E-state index in [1.54, 1.807) is 24.0 Å². The number of urea groups is 1. The molecular weight excluding hydrogens is 242 g/mol. The molecule has 1 aromatic carbocycles. The van der Waals surface area contributed by atoms with Crippen LogP contribution in [0.5, 0.6) is 5.75 Å². The topological polar surface area (TPSA) is 56.6 Å². The van der Waals surface area contributed by atoms with Gasteiger partial charge in [-0.15, -0.1) is 0 Å². The zero-order chi connectivity index (χ0) is 14.0. The van der Waals surface area contributed by atoms with Crippen molar-refractivity contribution in [2.75, 3.05) is 27.2 Å². The van der Waals surface area contributed by atoms with Gasteiger partial charge in [0.05, 0.1) is 19.2 Å². The summed E-state index contributed by atoms with van der Waals surface area (Å²) < 4.78 is 5.24. The van der Waals surface area contributed by atoms with Crippen LogP contribution in [0.2, 0.25) is 0 Å². The summed E-state index contributed by atoms with van der Waals surface area (Å²) in [6, 6.07) is 7.83.